The number of benzene rings is 1. The number of nitrogen functional groups attached to an aromatic ring is 1. The summed E-state index contributed by atoms with van der Waals surface area (Å²) in [5, 5.41) is 3.08. The maximum absolute atomic E-state index is 6.18. The molecule has 2 N–H and O–H groups in total. The number of aryl methyl sites for hydroxylation is 1. The van der Waals surface area contributed by atoms with Gasteiger partial charge in [0.1, 0.15) is 4.83 Å². The van der Waals surface area contributed by atoms with Gasteiger partial charge in [-0.2, -0.15) is 0 Å². The largest absolute Gasteiger partial charge is 0.493 e. The Morgan fingerprint density at radius 3 is 2.57 bits per heavy atom. The average molecular weight is 300 g/mol. The van der Waals surface area contributed by atoms with Crippen LogP contribution in [0.5, 0.6) is 11.5 Å². The molecule has 4 nitrogen and oxygen atoms in total. The Morgan fingerprint density at radius 1 is 1.10 bits per heavy atom. The number of methoxy groups -OCH3 is 2. The monoisotopic (exact) mass is 300 g/mol. The molecule has 0 unspecified atom stereocenters. The molecule has 2 heterocycles. The molecule has 0 fully saturated rings. The van der Waals surface area contributed by atoms with E-state index in [-0.39, 0.29) is 0 Å². The fraction of sp³-hybridized carbons (Fsp3) is 0.188. The summed E-state index contributed by atoms with van der Waals surface area (Å²) in [6, 6.07) is 7.76. The highest BCUT2D eigenvalue weighted by Crippen LogP contribution is 2.39. The number of hydrogen-bond donors (Lipinski definition) is 1. The summed E-state index contributed by atoms with van der Waals surface area (Å²) in [4.78, 5) is 5.50. The number of fused-ring (bicyclic) bond motifs is 1. The molecule has 3 rings (SSSR count). The van der Waals surface area contributed by atoms with E-state index in [0.717, 1.165) is 32.7 Å². The summed E-state index contributed by atoms with van der Waals surface area (Å²) in [7, 11) is 3.26. The van der Waals surface area contributed by atoms with E-state index in [9.17, 15) is 0 Å². The van der Waals surface area contributed by atoms with E-state index in [0.29, 0.717) is 11.5 Å². The number of anilines is 1. The highest BCUT2D eigenvalue weighted by molar-refractivity contribution is 7.17. The van der Waals surface area contributed by atoms with Gasteiger partial charge in [0, 0.05) is 27.7 Å². The third-order valence-electron chi connectivity index (χ3n) is 3.40. The fourth-order valence-corrected chi connectivity index (χ4v) is 3.44. The van der Waals surface area contributed by atoms with Crippen LogP contribution in [0, 0.1) is 6.92 Å². The number of nitrogens with zero attached hydrogens (tertiary/aromatic N) is 1. The molecule has 5 heteroatoms. The van der Waals surface area contributed by atoms with Crippen molar-refractivity contribution in [2.45, 2.75) is 6.92 Å². The van der Waals surface area contributed by atoms with Gasteiger partial charge in [0.25, 0.3) is 0 Å². The second-order valence-corrected chi connectivity index (χ2v) is 5.61. The van der Waals surface area contributed by atoms with Crippen molar-refractivity contribution in [3.05, 3.63) is 35.3 Å². The molecule has 0 aliphatic rings. The first kappa shape index (κ1) is 13.7. The zero-order valence-corrected chi connectivity index (χ0v) is 13.0. The Hall–Kier alpha value is -2.27. The van der Waals surface area contributed by atoms with Gasteiger partial charge in [-0.25, -0.2) is 4.98 Å². The minimum absolute atomic E-state index is 0.702. The van der Waals surface area contributed by atoms with Gasteiger partial charge in [-0.3, -0.25) is 0 Å². The topological polar surface area (TPSA) is 57.4 Å². The first-order chi connectivity index (χ1) is 10.1. The summed E-state index contributed by atoms with van der Waals surface area (Å²) in [6.45, 7) is 1.95. The smallest absolute Gasteiger partial charge is 0.161 e. The number of nitrogens with two attached hydrogens (primary N) is 1. The molecule has 0 aliphatic carbocycles. The molecule has 108 valence electrons. The SMILES string of the molecule is COc1ccc(-c2csc3nc(C)cc(N)c23)cc1OC. The van der Waals surface area contributed by atoms with E-state index >= 15 is 0 Å². The minimum Gasteiger partial charge on any atom is -0.493 e. The number of aromatic nitrogens is 1. The van der Waals surface area contributed by atoms with Crippen LogP contribution in [0.15, 0.2) is 29.6 Å². The van der Waals surface area contributed by atoms with Crippen molar-refractivity contribution in [3.63, 3.8) is 0 Å². The van der Waals surface area contributed by atoms with Gasteiger partial charge in [-0.05, 0) is 30.7 Å². The lowest BCUT2D eigenvalue weighted by atomic mass is 10.0. The van der Waals surface area contributed by atoms with Crippen molar-refractivity contribution in [2.75, 3.05) is 20.0 Å². The molecule has 0 aliphatic heterocycles. The van der Waals surface area contributed by atoms with E-state index in [4.69, 9.17) is 15.2 Å². The molecule has 0 amide bonds. The van der Waals surface area contributed by atoms with Crippen LogP contribution in [0.3, 0.4) is 0 Å². The quantitative estimate of drug-likeness (QED) is 0.797. The van der Waals surface area contributed by atoms with Gasteiger partial charge in [-0.15, -0.1) is 11.3 Å². The average Bonchev–Trinajstić information content (AvgIpc) is 2.90. The number of rotatable bonds is 3. The third kappa shape index (κ3) is 2.29. The van der Waals surface area contributed by atoms with Gasteiger partial charge in [0.05, 0.1) is 14.2 Å². The molecule has 0 radical (unpaired) electrons. The molecule has 1 aromatic carbocycles. The summed E-state index contributed by atoms with van der Waals surface area (Å²) in [6.07, 6.45) is 0. The Labute approximate surface area is 127 Å². The molecule has 2 aromatic heterocycles. The molecular weight excluding hydrogens is 284 g/mol. The highest BCUT2D eigenvalue weighted by atomic mass is 32.1. The molecule has 0 saturated heterocycles. The maximum Gasteiger partial charge on any atom is 0.161 e. The van der Waals surface area contributed by atoms with E-state index < -0.39 is 0 Å². The Kier molecular flexibility index (Phi) is 3.43. The van der Waals surface area contributed by atoms with Crippen LogP contribution in [-0.2, 0) is 0 Å². The van der Waals surface area contributed by atoms with Gasteiger partial charge < -0.3 is 15.2 Å². The molecule has 0 bridgehead atoms. The zero-order chi connectivity index (χ0) is 15.0. The lowest BCUT2D eigenvalue weighted by molar-refractivity contribution is 0.355. The van der Waals surface area contributed by atoms with Crippen LogP contribution in [0.1, 0.15) is 5.69 Å². The van der Waals surface area contributed by atoms with Crippen molar-refractivity contribution in [1.29, 1.82) is 0 Å². The molecule has 0 atom stereocenters. The van der Waals surface area contributed by atoms with E-state index in [2.05, 4.69) is 10.4 Å². The summed E-state index contributed by atoms with van der Waals surface area (Å²) >= 11 is 1.60. The standard InChI is InChI=1S/C16H16N2O2S/c1-9-6-12(17)15-11(8-21-16(15)18-9)10-4-5-13(19-2)14(7-10)20-3/h4-8H,1-3H3,(H2,17,18). The molecule has 3 aromatic rings. The van der Waals surface area contributed by atoms with Crippen molar-refractivity contribution in [1.82, 2.24) is 4.98 Å². The van der Waals surface area contributed by atoms with Gasteiger partial charge >= 0.3 is 0 Å². The molecule has 0 spiro atoms. The second kappa shape index (κ2) is 5.26. The van der Waals surface area contributed by atoms with Gasteiger partial charge in [-0.1, -0.05) is 6.07 Å². The Balaban J connectivity index is 2.21. The lowest BCUT2D eigenvalue weighted by Crippen LogP contribution is -1.92. The maximum atomic E-state index is 6.18. The lowest BCUT2D eigenvalue weighted by Gasteiger charge is -2.09. The number of pyridine rings is 1. The van der Waals surface area contributed by atoms with Crippen molar-refractivity contribution < 1.29 is 9.47 Å². The summed E-state index contributed by atoms with van der Waals surface area (Å²) < 4.78 is 10.6. The van der Waals surface area contributed by atoms with Crippen LogP contribution in [0.4, 0.5) is 5.69 Å². The van der Waals surface area contributed by atoms with Crippen molar-refractivity contribution >= 4 is 27.2 Å². The van der Waals surface area contributed by atoms with E-state index in [1.54, 1.807) is 25.6 Å². The summed E-state index contributed by atoms with van der Waals surface area (Å²) in [5.41, 5.74) is 9.97. The predicted octanol–water partition coefficient (Wildman–Crippen LogP) is 3.87. The Morgan fingerprint density at radius 2 is 1.86 bits per heavy atom. The van der Waals surface area contributed by atoms with Crippen LogP contribution >= 0.6 is 11.3 Å². The predicted molar refractivity (Wildman–Crippen MR) is 87.3 cm³/mol. The minimum atomic E-state index is 0.702. The fourth-order valence-electron chi connectivity index (χ4n) is 2.41. The van der Waals surface area contributed by atoms with Crippen LogP contribution in [0.2, 0.25) is 0 Å². The van der Waals surface area contributed by atoms with Gasteiger partial charge in [0.2, 0.25) is 0 Å². The zero-order valence-electron chi connectivity index (χ0n) is 12.1. The second-order valence-electron chi connectivity index (χ2n) is 4.75. The normalized spacial score (nSPS) is 10.8. The number of ether oxygens (including phenoxy) is 2. The van der Waals surface area contributed by atoms with Crippen LogP contribution in [-0.4, -0.2) is 19.2 Å². The van der Waals surface area contributed by atoms with E-state index in [1.807, 2.05) is 31.2 Å². The highest BCUT2D eigenvalue weighted by Gasteiger charge is 2.13. The molecular formula is C16H16N2O2S. The van der Waals surface area contributed by atoms with E-state index in [1.165, 1.54) is 0 Å². The van der Waals surface area contributed by atoms with Crippen LogP contribution in [0.25, 0.3) is 21.3 Å². The summed E-state index contributed by atoms with van der Waals surface area (Å²) in [5.74, 6) is 1.41. The third-order valence-corrected chi connectivity index (χ3v) is 4.27. The number of hydrogen-bond acceptors (Lipinski definition) is 5. The molecule has 21 heavy (non-hydrogen) atoms. The first-order valence-corrected chi connectivity index (χ1v) is 7.38. The Bertz CT molecular complexity index is 811. The van der Waals surface area contributed by atoms with Crippen LogP contribution < -0.4 is 15.2 Å². The number of thiophene rings is 1. The van der Waals surface area contributed by atoms with Crippen molar-refractivity contribution in [2.24, 2.45) is 0 Å². The molecule has 0 saturated carbocycles. The van der Waals surface area contributed by atoms with Crippen molar-refractivity contribution in [3.8, 4) is 22.6 Å². The van der Waals surface area contributed by atoms with Gasteiger partial charge in [0.15, 0.2) is 11.5 Å². The first-order valence-electron chi connectivity index (χ1n) is 6.50.